The smallest absolute Gasteiger partial charge is 0.225 e. The number of amides is 2. The monoisotopic (exact) mass is 266 g/mol. The van der Waals surface area contributed by atoms with E-state index >= 15 is 0 Å². The van der Waals surface area contributed by atoms with Crippen LogP contribution in [0.15, 0.2) is 0 Å². The van der Waals surface area contributed by atoms with Gasteiger partial charge in [0.1, 0.15) is 0 Å². The molecule has 0 spiro atoms. The molecule has 4 heteroatoms. The van der Waals surface area contributed by atoms with E-state index in [1.165, 1.54) is 6.42 Å². The summed E-state index contributed by atoms with van der Waals surface area (Å²) in [4.78, 5) is 28.2. The van der Waals surface area contributed by atoms with Crippen LogP contribution in [0.25, 0.3) is 0 Å². The fourth-order valence-electron chi connectivity index (χ4n) is 3.37. The van der Waals surface area contributed by atoms with E-state index in [1.54, 1.807) is 0 Å². The van der Waals surface area contributed by atoms with E-state index in [-0.39, 0.29) is 23.7 Å². The highest BCUT2D eigenvalue weighted by Crippen LogP contribution is 2.30. The van der Waals surface area contributed by atoms with Crippen molar-refractivity contribution in [3.8, 4) is 0 Å². The molecule has 0 aromatic carbocycles. The Kier molecular flexibility index (Phi) is 4.16. The van der Waals surface area contributed by atoms with Gasteiger partial charge in [-0.2, -0.15) is 0 Å². The summed E-state index contributed by atoms with van der Waals surface area (Å²) < 4.78 is 0. The molecule has 2 fully saturated rings. The van der Waals surface area contributed by atoms with Gasteiger partial charge in [0.25, 0.3) is 0 Å². The van der Waals surface area contributed by atoms with Crippen molar-refractivity contribution in [2.75, 3.05) is 26.2 Å². The molecule has 0 atom stereocenters. The number of rotatable bonds is 2. The van der Waals surface area contributed by atoms with Gasteiger partial charge in [-0.05, 0) is 18.3 Å². The molecule has 2 rings (SSSR count). The lowest BCUT2D eigenvalue weighted by Gasteiger charge is -2.46. The van der Waals surface area contributed by atoms with Crippen molar-refractivity contribution >= 4 is 11.8 Å². The summed E-state index contributed by atoms with van der Waals surface area (Å²) in [5, 5.41) is 0. The first-order valence-electron chi connectivity index (χ1n) is 7.46. The topological polar surface area (TPSA) is 40.6 Å². The van der Waals surface area contributed by atoms with Gasteiger partial charge in [0.05, 0.1) is 0 Å². The van der Waals surface area contributed by atoms with Gasteiger partial charge in [-0.1, -0.05) is 27.7 Å². The normalized spacial score (nSPS) is 27.1. The summed E-state index contributed by atoms with van der Waals surface area (Å²) in [7, 11) is 0. The number of hydrogen-bond acceptors (Lipinski definition) is 2. The van der Waals surface area contributed by atoms with Crippen LogP contribution in [0, 0.1) is 23.7 Å². The van der Waals surface area contributed by atoms with E-state index in [9.17, 15) is 9.59 Å². The number of nitrogens with zero attached hydrogens (tertiary/aromatic N) is 2. The summed E-state index contributed by atoms with van der Waals surface area (Å²) in [5.41, 5.74) is 0. The van der Waals surface area contributed by atoms with E-state index < -0.39 is 0 Å². The second-order valence-corrected chi connectivity index (χ2v) is 6.76. The second-order valence-electron chi connectivity index (χ2n) is 6.76. The average molecular weight is 266 g/mol. The Morgan fingerprint density at radius 2 is 1.11 bits per heavy atom. The van der Waals surface area contributed by atoms with Gasteiger partial charge >= 0.3 is 0 Å². The summed E-state index contributed by atoms with van der Waals surface area (Å²) >= 11 is 0. The highest BCUT2D eigenvalue weighted by atomic mass is 16.2. The van der Waals surface area contributed by atoms with Crippen LogP contribution >= 0.6 is 0 Å². The number of carbonyl (C=O) groups excluding carboxylic acids is 2. The SMILES string of the molecule is CC(C)C(=O)N1CC2CC(C1)CN(C(=O)C(C)C)C2. The Morgan fingerprint density at radius 3 is 1.37 bits per heavy atom. The first kappa shape index (κ1) is 14.4. The van der Waals surface area contributed by atoms with Crippen LogP contribution in [0.2, 0.25) is 0 Å². The Balaban J connectivity index is 1.99. The van der Waals surface area contributed by atoms with Crippen molar-refractivity contribution in [2.24, 2.45) is 23.7 Å². The van der Waals surface area contributed by atoms with Crippen molar-refractivity contribution < 1.29 is 9.59 Å². The minimum atomic E-state index is 0.0761. The van der Waals surface area contributed by atoms with Gasteiger partial charge in [0.2, 0.25) is 11.8 Å². The van der Waals surface area contributed by atoms with E-state index in [2.05, 4.69) is 0 Å². The number of fused-ring (bicyclic) bond motifs is 2. The summed E-state index contributed by atoms with van der Waals surface area (Å²) in [6.07, 6.45) is 1.17. The Bertz CT molecular complexity index is 319. The molecule has 0 aromatic heterocycles. The molecule has 0 saturated carbocycles. The molecular formula is C15H26N2O2. The third-order valence-corrected chi connectivity index (χ3v) is 4.19. The van der Waals surface area contributed by atoms with Crippen molar-refractivity contribution in [3.63, 3.8) is 0 Å². The highest BCUT2D eigenvalue weighted by Gasteiger charge is 2.38. The van der Waals surface area contributed by atoms with Crippen LogP contribution in [0.3, 0.4) is 0 Å². The van der Waals surface area contributed by atoms with Crippen LogP contribution in [0.4, 0.5) is 0 Å². The first-order valence-corrected chi connectivity index (χ1v) is 7.46. The maximum atomic E-state index is 12.1. The number of carbonyl (C=O) groups is 2. The second kappa shape index (κ2) is 5.51. The van der Waals surface area contributed by atoms with Gasteiger partial charge in [0.15, 0.2) is 0 Å². The van der Waals surface area contributed by atoms with Gasteiger partial charge in [-0.25, -0.2) is 0 Å². The fraction of sp³-hybridized carbons (Fsp3) is 0.867. The van der Waals surface area contributed by atoms with Crippen molar-refractivity contribution in [1.29, 1.82) is 0 Å². The van der Waals surface area contributed by atoms with Gasteiger partial charge in [-0.15, -0.1) is 0 Å². The third kappa shape index (κ3) is 3.10. The maximum Gasteiger partial charge on any atom is 0.225 e. The molecule has 0 aliphatic carbocycles. The average Bonchev–Trinajstić information content (AvgIpc) is 2.35. The van der Waals surface area contributed by atoms with Crippen LogP contribution in [0.5, 0.6) is 0 Å². The first-order chi connectivity index (χ1) is 8.88. The predicted octanol–water partition coefficient (Wildman–Crippen LogP) is 1.61. The van der Waals surface area contributed by atoms with E-state index in [4.69, 9.17) is 0 Å². The van der Waals surface area contributed by atoms with E-state index in [0.29, 0.717) is 11.8 Å². The zero-order valence-corrected chi connectivity index (χ0v) is 12.6. The summed E-state index contributed by atoms with van der Waals surface area (Å²) in [5.74, 6) is 1.62. The van der Waals surface area contributed by atoms with Crippen molar-refractivity contribution in [3.05, 3.63) is 0 Å². The van der Waals surface area contributed by atoms with Crippen LogP contribution in [0.1, 0.15) is 34.1 Å². The van der Waals surface area contributed by atoms with Crippen LogP contribution in [-0.2, 0) is 9.59 Å². The lowest BCUT2D eigenvalue weighted by atomic mass is 9.84. The van der Waals surface area contributed by atoms with E-state index in [0.717, 1.165) is 26.2 Å². The third-order valence-electron chi connectivity index (χ3n) is 4.19. The standard InChI is InChI=1S/C15H26N2O2/c1-10(2)14(18)16-6-12-5-13(7-16)9-17(8-12)15(19)11(3)4/h10-13H,5-9H2,1-4H3. The van der Waals surface area contributed by atoms with Crippen molar-refractivity contribution in [1.82, 2.24) is 9.80 Å². The number of hydrogen-bond donors (Lipinski definition) is 0. The molecule has 0 aromatic rings. The Hall–Kier alpha value is -1.06. The fourth-order valence-corrected chi connectivity index (χ4v) is 3.37. The molecule has 2 bridgehead atoms. The van der Waals surface area contributed by atoms with Crippen LogP contribution < -0.4 is 0 Å². The molecular weight excluding hydrogens is 240 g/mol. The molecule has 2 aliphatic heterocycles. The maximum absolute atomic E-state index is 12.1. The molecule has 19 heavy (non-hydrogen) atoms. The molecule has 108 valence electrons. The summed E-state index contributed by atoms with van der Waals surface area (Å²) in [6, 6.07) is 0. The quantitative estimate of drug-likeness (QED) is 0.762. The number of likely N-dealkylation sites (tertiary alicyclic amines) is 2. The minimum Gasteiger partial charge on any atom is -0.342 e. The summed E-state index contributed by atoms with van der Waals surface area (Å²) in [6.45, 7) is 11.2. The van der Waals surface area contributed by atoms with Crippen LogP contribution in [-0.4, -0.2) is 47.8 Å². The van der Waals surface area contributed by atoms with E-state index in [1.807, 2.05) is 37.5 Å². The molecule has 2 heterocycles. The molecule has 0 unspecified atom stereocenters. The Labute approximate surface area is 116 Å². The molecule has 2 aliphatic rings. The molecule has 2 amide bonds. The molecule has 0 radical (unpaired) electrons. The lowest BCUT2D eigenvalue weighted by molar-refractivity contribution is -0.144. The Morgan fingerprint density at radius 1 is 0.789 bits per heavy atom. The molecule has 2 saturated heterocycles. The minimum absolute atomic E-state index is 0.0761. The lowest BCUT2D eigenvalue weighted by Crippen LogP contribution is -2.56. The largest absolute Gasteiger partial charge is 0.342 e. The van der Waals surface area contributed by atoms with Gasteiger partial charge in [-0.3, -0.25) is 9.59 Å². The van der Waals surface area contributed by atoms with Gasteiger partial charge < -0.3 is 9.80 Å². The molecule has 4 nitrogen and oxygen atoms in total. The van der Waals surface area contributed by atoms with Crippen molar-refractivity contribution in [2.45, 2.75) is 34.1 Å². The zero-order chi connectivity index (χ0) is 14.2. The number of piperidine rings is 2. The molecule has 0 N–H and O–H groups in total. The zero-order valence-electron chi connectivity index (χ0n) is 12.6. The van der Waals surface area contributed by atoms with Gasteiger partial charge in [0, 0.05) is 38.0 Å². The highest BCUT2D eigenvalue weighted by molar-refractivity contribution is 5.79. The predicted molar refractivity (Wildman–Crippen MR) is 74.4 cm³/mol.